The van der Waals surface area contributed by atoms with Gasteiger partial charge in [0.1, 0.15) is 5.78 Å². The zero-order chi connectivity index (χ0) is 18.0. The molecule has 0 spiro atoms. The third-order valence-corrected chi connectivity index (χ3v) is 5.05. The number of hydrogen-bond acceptors (Lipinski definition) is 4. The highest BCUT2D eigenvalue weighted by Crippen LogP contribution is 2.27. The van der Waals surface area contributed by atoms with Gasteiger partial charge in [-0.15, -0.1) is 0 Å². The number of carbonyl (C=O) groups excluding carboxylic acids is 3. The molecular weight excluding hydrogens is 318 g/mol. The normalized spacial score (nSPS) is 19.3. The fraction of sp³-hybridized carbons (Fsp3) is 0.526. The maximum Gasteiger partial charge on any atom is 0.328 e. The molecule has 25 heavy (non-hydrogen) atoms. The van der Waals surface area contributed by atoms with Crippen molar-refractivity contribution in [1.29, 1.82) is 0 Å². The minimum absolute atomic E-state index is 0.110. The molecule has 0 saturated carbocycles. The minimum atomic E-state index is -0.364. The van der Waals surface area contributed by atoms with Crippen LogP contribution in [0.25, 0.3) is 0 Å². The number of imide groups is 1. The number of anilines is 2. The highest BCUT2D eigenvalue weighted by Gasteiger charge is 2.27. The first kappa shape index (κ1) is 17.5. The fourth-order valence-corrected chi connectivity index (χ4v) is 3.55. The van der Waals surface area contributed by atoms with Crippen molar-refractivity contribution in [3.8, 4) is 0 Å². The summed E-state index contributed by atoms with van der Waals surface area (Å²) >= 11 is 0. The Bertz CT molecular complexity index is 661. The SMILES string of the molecule is CC(C)C(=O)C1CCN(c2ccc(N3CCC(=O)NC3=O)cc2)CC1. The van der Waals surface area contributed by atoms with E-state index >= 15 is 0 Å². The lowest BCUT2D eigenvalue weighted by Gasteiger charge is -2.34. The second-order valence-corrected chi connectivity index (χ2v) is 7.09. The van der Waals surface area contributed by atoms with Gasteiger partial charge in [-0.1, -0.05) is 13.8 Å². The molecule has 0 atom stereocenters. The van der Waals surface area contributed by atoms with Crippen LogP contribution in [0.2, 0.25) is 0 Å². The van der Waals surface area contributed by atoms with Gasteiger partial charge in [-0.2, -0.15) is 0 Å². The van der Waals surface area contributed by atoms with E-state index in [1.807, 2.05) is 38.1 Å². The molecule has 1 N–H and O–H groups in total. The first-order chi connectivity index (χ1) is 12.0. The molecule has 0 aromatic heterocycles. The van der Waals surface area contributed by atoms with Crippen LogP contribution < -0.4 is 15.1 Å². The quantitative estimate of drug-likeness (QED) is 0.912. The molecule has 1 aromatic carbocycles. The standard InChI is InChI=1S/C19H25N3O3/c1-13(2)18(24)14-7-10-21(11-8-14)15-3-5-16(6-4-15)22-12-9-17(23)20-19(22)25/h3-6,13-14H,7-12H2,1-2H3,(H,20,23,25). The van der Waals surface area contributed by atoms with E-state index in [1.54, 1.807) is 4.90 Å². The van der Waals surface area contributed by atoms with Gasteiger partial charge in [-0.3, -0.25) is 19.8 Å². The molecule has 1 aromatic rings. The van der Waals surface area contributed by atoms with Crippen LogP contribution in [0.4, 0.5) is 16.2 Å². The summed E-state index contributed by atoms with van der Waals surface area (Å²) < 4.78 is 0. The predicted molar refractivity (Wildman–Crippen MR) is 96.7 cm³/mol. The summed E-state index contributed by atoms with van der Waals surface area (Å²) in [6.07, 6.45) is 2.12. The summed E-state index contributed by atoms with van der Waals surface area (Å²) in [6, 6.07) is 7.47. The van der Waals surface area contributed by atoms with Crippen LogP contribution >= 0.6 is 0 Å². The van der Waals surface area contributed by atoms with E-state index in [2.05, 4.69) is 10.2 Å². The van der Waals surface area contributed by atoms with Gasteiger partial charge < -0.3 is 4.90 Å². The van der Waals surface area contributed by atoms with Crippen molar-refractivity contribution in [1.82, 2.24) is 5.32 Å². The lowest BCUT2D eigenvalue weighted by Crippen LogP contribution is -2.49. The Labute approximate surface area is 148 Å². The summed E-state index contributed by atoms with van der Waals surface area (Å²) in [5.74, 6) is 0.445. The summed E-state index contributed by atoms with van der Waals surface area (Å²) in [6.45, 7) is 6.10. The molecule has 6 heteroatoms. The Morgan fingerprint density at radius 2 is 1.64 bits per heavy atom. The lowest BCUT2D eigenvalue weighted by atomic mass is 9.87. The van der Waals surface area contributed by atoms with Crippen LogP contribution in [0.3, 0.4) is 0 Å². The van der Waals surface area contributed by atoms with Gasteiger partial charge >= 0.3 is 6.03 Å². The third kappa shape index (κ3) is 3.83. The highest BCUT2D eigenvalue weighted by atomic mass is 16.2. The summed E-state index contributed by atoms with van der Waals surface area (Å²) in [7, 11) is 0. The number of urea groups is 1. The number of nitrogens with one attached hydrogen (secondary N) is 1. The summed E-state index contributed by atoms with van der Waals surface area (Å²) in [5.41, 5.74) is 1.89. The molecule has 0 aliphatic carbocycles. The molecule has 0 bridgehead atoms. The molecule has 2 saturated heterocycles. The summed E-state index contributed by atoms with van der Waals surface area (Å²) in [5, 5.41) is 2.34. The van der Waals surface area contributed by atoms with Crippen molar-refractivity contribution in [2.75, 3.05) is 29.4 Å². The van der Waals surface area contributed by atoms with Crippen LogP contribution in [-0.4, -0.2) is 37.4 Å². The third-order valence-electron chi connectivity index (χ3n) is 5.05. The molecule has 134 valence electrons. The zero-order valence-corrected chi connectivity index (χ0v) is 14.8. The largest absolute Gasteiger partial charge is 0.371 e. The molecule has 2 aliphatic heterocycles. The van der Waals surface area contributed by atoms with Gasteiger partial charge in [-0.05, 0) is 37.1 Å². The van der Waals surface area contributed by atoms with Crippen LogP contribution in [0, 0.1) is 11.8 Å². The average molecular weight is 343 g/mol. The topological polar surface area (TPSA) is 69.7 Å². The smallest absolute Gasteiger partial charge is 0.328 e. The van der Waals surface area contributed by atoms with Gasteiger partial charge in [0, 0.05) is 49.3 Å². The number of hydrogen-bond donors (Lipinski definition) is 1. The Balaban J connectivity index is 1.61. The molecule has 0 radical (unpaired) electrons. The van der Waals surface area contributed by atoms with E-state index in [9.17, 15) is 14.4 Å². The van der Waals surface area contributed by atoms with E-state index in [0.717, 1.165) is 37.3 Å². The van der Waals surface area contributed by atoms with E-state index in [1.165, 1.54) is 0 Å². The molecule has 2 aliphatic rings. The second kappa shape index (κ2) is 7.25. The second-order valence-electron chi connectivity index (χ2n) is 7.09. The van der Waals surface area contributed by atoms with Crippen molar-refractivity contribution < 1.29 is 14.4 Å². The van der Waals surface area contributed by atoms with Gasteiger partial charge in [0.2, 0.25) is 5.91 Å². The van der Waals surface area contributed by atoms with Crippen LogP contribution in [-0.2, 0) is 9.59 Å². The van der Waals surface area contributed by atoms with Crippen molar-refractivity contribution in [3.63, 3.8) is 0 Å². The number of carbonyl (C=O) groups is 3. The molecular formula is C19H25N3O3. The molecule has 6 nitrogen and oxygen atoms in total. The molecule has 3 amide bonds. The zero-order valence-electron chi connectivity index (χ0n) is 14.8. The van der Waals surface area contributed by atoms with Crippen molar-refractivity contribution >= 4 is 29.1 Å². The molecule has 2 fully saturated rings. The van der Waals surface area contributed by atoms with Gasteiger partial charge in [0.05, 0.1) is 0 Å². The lowest BCUT2D eigenvalue weighted by molar-refractivity contribution is -0.126. The van der Waals surface area contributed by atoms with Gasteiger partial charge in [-0.25, -0.2) is 4.79 Å². The minimum Gasteiger partial charge on any atom is -0.371 e. The maximum atomic E-state index is 12.1. The number of benzene rings is 1. The Kier molecular flexibility index (Phi) is 5.06. The summed E-state index contributed by atoms with van der Waals surface area (Å²) in [4.78, 5) is 39.1. The number of rotatable bonds is 4. The van der Waals surface area contributed by atoms with Gasteiger partial charge in [0.25, 0.3) is 0 Å². The van der Waals surface area contributed by atoms with Crippen molar-refractivity contribution in [2.24, 2.45) is 11.8 Å². The monoisotopic (exact) mass is 343 g/mol. The average Bonchev–Trinajstić information content (AvgIpc) is 2.61. The van der Waals surface area contributed by atoms with Crippen molar-refractivity contribution in [3.05, 3.63) is 24.3 Å². The van der Waals surface area contributed by atoms with E-state index in [4.69, 9.17) is 0 Å². The number of amides is 3. The van der Waals surface area contributed by atoms with E-state index < -0.39 is 0 Å². The molecule has 2 heterocycles. The first-order valence-electron chi connectivity index (χ1n) is 8.96. The Morgan fingerprint density at radius 1 is 1.04 bits per heavy atom. The fourth-order valence-electron chi connectivity index (χ4n) is 3.55. The van der Waals surface area contributed by atoms with Gasteiger partial charge in [0.15, 0.2) is 0 Å². The molecule has 0 unspecified atom stereocenters. The van der Waals surface area contributed by atoms with E-state index in [-0.39, 0.29) is 23.8 Å². The highest BCUT2D eigenvalue weighted by molar-refractivity contribution is 6.05. The maximum absolute atomic E-state index is 12.1. The van der Waals surface area contributed by atoms with Crippen LogP contribution in [0.5, 0.6) is 0 Å². The Hall–Kier alpha value is -2.37. The van der Waals surface area contributed by atoms with Crippen molar-refractivity contribution in [2.45, 2.75) is 33.1 Å². The number of ketones is 1. The Morgan fingerprint density at radius 3 is 2.20 bits per heavy atom. The predicted octanol–water partition coefficient (Wildman–Crippen LogP) is 2.57. The van der Waals surface area contributed by atoms with Crippen LogP contribution in [0.15, 0.2) is 24.3 Å². The van der Waals surface area contributed by atoms with E-state index in [0.29, 0.717) is 18.7 Å². The number of Topliss-reactive ketones (excluding diaryl/α,β-unsaturated/α-hetero) is 1. The number of nitrogens with zero attached hydrogens (tertiary/aromatic N) is 2. The van der Waals surface area contributed by atoms with Crippen LogP contribution in [0.1, 0.15) is 33.1 Å². The first-order valence-corrected chi connectivity index (χ1v) is 8.96. The number of piperidine rings is 1. The molecule has 3 rings (SSSR count).